The largest absolute Gasteiger partial charge is 0.508 e. The highest BCUT2D eigenvalue weighted by molar-refractivity contribution is 5.99. The number of aliphatic hydroxyl groups excluding tert-OH is 2. The molecule has 0 aromatic heterocycles. The number of carbonyl (C=O) groups excluding carboxylic acids is 10. The van der Waals surface area contributed by atoms with Gasteiger partial charge in [-0.15, -0.1) is 0 Å². The Morgan fingerprint density at radius 1 is 0.920 bits per heavy atom. The quantitative estimate of drug-likeness (QED) is 0.0669. The zero-order valence-electron chi connectivity index (χ0n) is 43.0. The Kier molecular flexibility index (Phi) is 20.5. The number of hydrogen-bond donors (Lipinski definition) is 10. The fourth-order valence-electron chi connectivity index (χ4n) is 9.44. The number of ether oxygens (including phenoxy) is 1. The van der Waals surface area contributed by atoms with Crippen LogP contribution in [0, 0.1) is 12.8 Å². The molecule has 2 aromatic rings. The summed E-state index contributed by atoms with van der Waals surface area (Å²) in [5, 5.41) is 55.8. The van der Waals surface area contributed by atoms with E-state index in [9.17, 15) is 68.4 Å². The number of primary amides is 1. The van der Waals surface area contributed by atoms with Crippen LogP contribution in [0.5, 0.6) is 11.5 Å². The molecule has 0 radical (unpaired) electrons. The molecule has 1 unspecified atom stereocenters. The topological polar surface area (TPSA) is 357 Å². The highest BCUT2D eigenvalue weighted by atomic mass is 16.5. The van der Waals surface area contributed by atoms with E-state index in [1.54, 1.807) is 39.0 Å². The van der Waals surface area contributed by atoms with Crippen molar-refractivity contribution in [3.05, 3.63) is 59.2 Å². The van der Waals surface area contributed by atoms with E-state index in [1.807, 2.05) is 0 Å². The van der Waals surface area contributed by atoms with Gasteiger partial charge in [-0.05, 0) is 107 Å². The number of esters is 1. The Morgan fingerprint density at radius 2 is 1.60 bits per heavy atom. The molecule has 3 aliphatic rings. The number of likely N-dealkylation sites (tertiary alicyclic amines) is 1. The first-order valence-corrected chi connectivity index (χ1v) is 25.2. The number of benzene rings is 2. The Labute approximate surface area is 434 Å². The number of nitrogens with two attached hydrogens (primary N) is 1. The molecule has 9 amide bonds. The van der Waals surface area contributed by atoms with Crippen LogP contribution in [0.3, 0.4) is 0 Å². The fraction of sp³-hybridized carbons (Fsp3) is 0.569. The SMILES string of the molecule is CC[C@H](C)C1NC(=O)[C@H](Cc2ccc(O)c(C)c2)N(C)C(=O)[C@@H]([C@@H](C)O)N2C(=O)[C@H](CC[C@H]2O)NC(=O)[C@H](CCc2ccc(O)cc2)NC(=O)[C@@H](NC(=O)[C@H](CCC(N)=O)NC(=O)[C@@H]2CCCN2C=O)[C@@H](C)OC1=O. The van der Waals surface area contributed by atoms with Crippen molar-refractivity contribution in [2.24, 2.45) is 11.7 Å². The second-order valence-corrected chi connectivity index (χ2v) is 19.7. The first kappa shape index (κ1) is 58.5. The third-order valence-corrected chi connectivity index (χ3v) is 14.2. The third-order valence-electron chi connectivity index (χ3n) is 14.2. The van der Waals surface area contributed by atoms with E-state index in [1.165, 1.54) is 50.1 Å². The third kappa shape index (κ3) is 14.9. The minimum atomic E-state index is -1.89. The minimum absolute atomic E-state index is 0.0470. The number of fused-ring (bicyclic) bond motifs is 2. The standard InChI is InChI=1S/C51H71N9O15/c1-7-26(2)41-51(74)75-29(5)42(57-45(68)34(17-20-39(52)65)53-46(69)36-9-8-22-59(36)25-61)48(71)54-33(16-12-30-10-14-32(63)15-11-30)44(67)55-35-18-21-40(66)60(49(35)72)43(28(4)62)50(73)58(6)37(47(70)56-41)24-31-13-19-38(64)27(3)23-31/h10-11,13-15,19,23,25-26,28-29,33-37,40-43,62-64,66H,7-9,12,16-18,20-22,24H2,1-6H3,(H2,52,65)(H,53,69)(H,54,71)(H,55,67)(H,56,70)(H,57,68)/t26-,28+,29+,33-,34-,35-,36-,37-,40+,41?,42-,43+/m0/s1. The number of nitrogens with one attached hydrogen (secondary N) is 5. The van der Waals surface area contributed by atoms with Gasteiger partial charge in [0.15, 0.2) is 0 Å². The van der Waals surface area contributed by atoms with Crippen molar-refractivity contribution in [2.75, 3.05) is 13.6 Å². The molecular weight excluding hydrogens is 979 g/mol. The summed E-state index contributed by atoms with van der Waals surface area (Å²) in [5.41, 5.74) is 6.92. The van der Waals surface area contributed by atoms with Crippen LogP contribution in [0.2, 0.25) is 0 Å². The van der Waals surface area contributed by atoms with E-state index in [4.69, 9.17) is 10.5 Å². The molecule has 11 N–H and O–H groups in total. The lowest BCUT2D eigenvalue weighted by atomic mass is 9.95. The van der Waals surface area contributed by atoms with Crippen molar-refractivity contribution in [3.63, 3.8) is 0 Å². The van der Waals surface area contributed by atoms with Crippen molar-refractivity contribution in [3.8, 4) is 11.5 Å². The highest BCUT2D eigenvalue weighted by Gasteiger charge is 2.47. The van der Waals surface area contributed by atoms with Crippen LogP contribution in [-0.4, -0.2) is 175 Å². The zero-order valence-corrected chi connectivity index (χ0v) is 43.0. The summed E-state index contributed by atoms with van der Waals surface area (Å²) in [4.78, 5) is 143. The molecule has 75 heavy (non-hydrogen) atoms. The van der Waals surface area contributed by atoms with Crippen LogP contribution in [-0.2, 0) is 65.5 Å². The van der Waals surface area contributed by atoms with Crippen molar-refractivity contribution in [2.45, 2.75) is 166 Å². The second kappa shape index (κ2) is 26.2. The number of likely N-dealkylation sites (N-methyl/N-ethyl adjacent to an activating group) is 1. The van der Waals surface area contributed by atoms with E-state index in [0.717, 1.165) is 9.80 Å². The van der Waals surface area contributed by atoms with E-state index in [0.29, 0.717) is 29.5 Å². The normalized spacial score (nSPS) is 26.5. The van der Waals surface area contributed by atoms with Crippen molar-refractivity contribution in [1.82, 2.24) is 41.3 Å². The maximum absolute atomic E-state index is 14.8. The molecular formula is C51H71N9O15. The summed E-state index contributed by atoms with van der Waals surface area (Å²) >= 11 is 0. The lowest BCUT2D eigenvalue weighted by Crippen LogP contribution is -2.67. The summed E-state index contributed by atoms with van der Waals surface area (Å²) in [5.74, 6) is -9.49. The number of nitrogens with zero attached hydrogens (tertiary/aromatic N) is 3. The molecule has 410 valence electrons. The van der Waals surface area contributed by atoms with Crippen LogP contribution < -0.4 is 32.3 Å². The number of rotatable bonds is 16. The van der Waals surface area contributed by atoms with Gasteiger partial charge in [-0.25, -0.2) is 4.79 Å². The molecule has 12 atom stereocenters. The van der Waals surface area contributed by atoms with Gasteiger partial charge in [-0.3, -0.25) is 43.2 Å². The first-order valence-electron chi connectivity index (χ1n) is 25.2. The molecule has 3 fully saturated rings. The molecule has 3 heterocycles. The summed E-state index contributed by atoms with van der Waals surface area (Å²) in [6, 6.07) is -1.81. The van der Waals surface area contributed by atoms with Crippen molar-refractivity contribution in [1.29, 1.82) is 0 Å². The average Bonchev–Trinajstić information content (AvgIpc) is 3.86. The first-order chi connectivity index (χ1) is 35.4. The molecule has 5 rings (SSSR count). The van der Waals surface area contributed by atoms with Crippen LogP contribution in [0.4, 0.5) is 0 Å². The Bertz CT molecular complexity index is 2440. The number of amides is 9. The average molecular weight is 1050 g/mol. The Morgan fingerprint density at radius 3 is 2.23 bits per heavy atom. The molecule has 0 saturated carbocycles. The predicted molar refractivity (Wildman–Crippen MR) is 266 cm³/mol. The summed E-state index contributed by atoms with van der Waals surface area (Å²) in [6.45, 7) is 7.68. The molecule has 0 spiro atoms. The number of aryl methyl sites for hydroxylation is 2. The predicted octanol–water partition coefficient (Wildman–Crippen LogP) is -1.60. The molecule has 24 heteroatoms. The Balaban J connectivity index is 1.63. The van der Waals surface area contributed by atoms with Gasteiger partial charge in [-0.1, -0.05) is 44.5 Å². The van der Waals surface area contributed by atoms with Gasteiger partial charge in [0, 0.05) is 26.4 Å². The number of piperidine rings is 1. The molecule has 3 aliphatic heterocycles. The van der Waals surface area contributed by atoms with E-state index >= 15 is 0 Å². The molecule has 2 bridgehead atoms. The number of aromatic hydroxyl groups is 2. The van der Waals surface area contributed by atoms with Crippen LogP contribution in [0.15, 0.2) is 42.5 Å². The number of cyclic esters (lactones) is 1. The number of phenols is 2. The number of hydrogen-bond acceptors (Lipinski definition) is 15. The number of phenolic OH excluding ortho intramolecular Hbond substituents is 2. The summed E-state index contributed by atoms with van der Waals surface area (Å²) < 4.78 is 5.94. The minimum Gasteiger partial charge on any atom is -0.508 e. The lowest BCUT2D eigenvalue weighted by molar-refractivity contribution is -0.170. The van der Waals surface area contributed by atoms with Gasteiger partial charge in [0.05, 0.1) is 6.10 Å². The molecule has 2 aromatic carbocycles. The smallest absolute Gasteiger partial charge is 0.329 e. The maximum atomic E-state index is 14.8. The van der Waals surface area contributed by atoms with Gasteiger partial charge in [-0.2, -0.15) is 0 Å². The van der Waals surface area contributed by atoms with Crippen LogP contribution in [0.25, 0.3) is 0 Å². The molecule has 24 nitrogen and oxygen atoms in total. The number of aliphatic hydroxyl groups is 2. The van der Waals surface area contributed by atoms with Gasteiger partial charge >= 0.3 is 5.97 Å². The summed E-state index contributed by atoms with van der Waals surface area (Å²) in [6.07, 6.45) is -4.97. The maximum Gasteiger partial charge on any atom is 0.329 e. The fourth-order valence-corrected chi connectivity index (χ4v) is 9.44. The van der Waals surface area contributed by atoms with Crippen molar-refractivity contribution >= 4 is 59.6 Å². The van der Waals surface area contributed by atoms with E-state index < -0.39 is 132 Å². The molecule has 0 aliphatic carbocycles. The van der Waals surface area contributed by atoms with Crippen LogP contribution in [0.1, 0.15) is 95.8 Å². The van der Waals surface area contributed by atoms with E-state index in [-0.39, 0.29) is 69.4 Å². The van der Waals surface area contributed by atoms with Gasteiger partial charge < -0.3 is 72.2 Å². The summed E-state index contributed by atoms with van der Waals surface area (Å²) in [7, 11) is 1.24. The van der Waals surface area contributed by atoms with Crippen molar-refractivity contribution < 1.29 is 73.1 Å². The van der Waals surface area contributed by atoms with Gasteiger partial charge in [0.2, 0.25) is 53.7 Å². The lowest BCUT2D eigenvalue weighted by Gasteiger charge is -2.43. The highest BCUT2D eigenvalue weighted by Crippen LogP contribution is 2.26. The second-order valence-electron chi connectivity index (χ2n) is 19.7. The van der Waals surface area contributed by atoms with Crippen LogP contribution >= 0.6 is 0 Å². The number of carbonyl (C=O) groups is 10. The Hall–Kier alpha value is -7.34. The molecule has 3 saturated heterocycles. The van der Waals surface area contributed by atoms with Gasteiger partial charge in [0.25, 0.3) is 0 Å². The monoisotopic (exact) mass is 1050 g/mol. The van der Waals surface area contributed by atoms with E-state index in [2.05, 4.69) is 26.6 Å². The zero-order chi connectivity index (χ0) is 55.4. The van der Waals surface area contributed by atoms with Gasteiger partial charge in [0.1, 0.15) is 72.2 Å².